The van der Waals surface area contributed by atoms with Crippen LogP contribution in [0, 0.1) is 35.5 Å². The number of hydrogen-bond acceptors (Lipinski definition) is 29. The number of hydrogen-bond donors (Lipinski definition) is 21. The lowest BCUT2D eigenvalue weighted by molar-refractivity contribution is -0.146. The quantitative estimate of drug-likeness (QED) is 0.0219. The Morgan fingerprint density at radius 3 is 1.15 bits per heavy atom. The van der Waals surface area contributed by atoms with Crippen LogP contribution in [0.25, 0.3) is 0 Å². The van der Waals surface area contributed by atoms with Crippen LogP contribution in [0.15, 0.2) is 12.4 Å². The van der Waals surface area contributed by atoms with Crippen LogP contribution in [-0.2, 0) is 131 Å². The highest BCUT2D eigenvalue weighted by molar-refractivity contribution is 7.52. The highest BCUT2D eigenvalue weighted by Crippen LogP contribution is 2.35. The first-order valence-electron chi connectivity index (χ1n) is 38.0. The Hall–Kier alpha value is -10.9. The molecule has 2 rings (SSSR count). The second kappa shape index (κ2) is 53.7. The number of carbonyl (C=O) groups is 20. The maximum Gasteiger partial charge on any atom is 0.327 e. The van der Waals surface area contributed by atoms with Crippen LogP contribution < -0.4 is 54.4 Å². The van der Waals surface area contributed by atoms with Crippen molar-refractivity contribution in [3.05, 3.63) is 23.8 Å². The zero-order valence-electron chi connectivity index (χ0n) is 67.3. The van der Waals surface area contributed by atoms with E-state index in [0.29, 0.717) is 32.2 Å². The average Bonchev–Trinajstić information content (AvgIpc) is 1.76. The predicted molar refractivity (Wildman–Crippen MR) is 412 cm³/mol. The van der Waals surface area contributed by atoms with Gasteiger partial charge < -0.3 is 110 Å². The smallest absolute Gasteiger partial charge is 0.327 e. The molecule has 0 aliphatic carbocycles. The first kappa shape index (κ1) is 108. The molecule has 0 aliphatic heterocycles. The molecule has 121 heavy (non-hydrogen) atoms. The number of nitrogens with one attached hydrogen (secondary N) is 7. The lowest BCUT2D eigenvalue weighted by Gasteiger charge is -2.25. The van der Waals surface area contributed by atoms with E-state index in [-0.39, 0.29) is 63.1 Å². The Bertz CT molecular complexity index is 4090. The largest absolute Gasteiger partial charge is 0.481 e. The lowest BCUT2D eigenvalue weighted by Crippen LogP contribution is -2.51. The molecular weight excluding hydrogens is 1650 g/mol. The molecule has 678 valence electrons. The summed E-state index contributed by atoms with van der Waals surface area (Å²) in [6, 6.07) is -12.2. The fourth-order valence-electron chi connectivity index (χ4n) is 11.3. The molecule has 24 N–H and O–H groups in total. The molecular formula is C70H110N16O33P2. The van der Waals surface area contributed by atoms with Gasteiger partial charge in [-0.3, -0.25) is 114 Å². The number of carboxylic acid groups (broad SMARTS) is 7. The second-order valence-corrected chi connectivity index (χ2v) is 32.6. The Balaban J connectivity index is 0.00000129. The number of aliphatic carboxylic acids is 7. The van der Waals surface area contributed by atoms with Gasteiger partial charge in [0.2, 0.25) is 41.4 Å². The third-order valence-electron chi connectivity index (χ3n) is 18.1. The van der Waals surface area contributed by atoms with Crippen LogP contribution in [-0.4, -0.2) is 277 Å². The van der Waals surface area contributed by atoms with Gasteiger partial charge in [0.25, 0.3) is 0 Å². The van der Waals surface area contributed by atoms with Gasteiger partial charge in [-0.15, -0.1) is 10.2 Å². The Kier molecular flexibility index (Phi) is 47.9. The fourth-order valence-corrected chi connectivity index (χ4v) is 12.3. The maximum atomic E-state index is 14.2. The molecule has 0 bridgehead atoms. The van der Waals surface area contributed by atoms with Crippen LogP contribution in [0.1, 0.15) is 169 Å². The zero-order valence-corrected chi connectivity index (χ0v) is 69.1. The van der Waals surface area contributed by atoms with Crippen LogP contribution in [0.2, 0.25) is 0 Å². The topological polar surface area (TPSA) is 822 Å². The minimum Gasteiger partial charge on any atom is -0.481 e. The first-order valence-corrected chi connectivity index (χ1v) is 41.6. The van der Waals surface area contributed by atoms with E-state index >= 15 is 0 Å². The van der Waals surface area contributed by atoms with E-state index < -0.39 is 300 Å². The van der Waals surface area contributed by atoms with Crippen molar-refractivity contribution < 1.29 is 160 Å². The Labute approximate surface area is 691 Å². The zero-order chi connectivity index (χ0) is 92.5. The van der Waals surface area contributed by atoms with Gasteiger partial charge in [0.1, 0.15) is 6.04 Å². The highest BCUT2D eigenvalue weighted by atomic mass is 31.2. The van der Waals surface area contributed by atoms with E-state index in [1.165, 1.54) is 44.8 Å². The molecule has 0 radical (unpaired) electrons. The maximum absolute atomic E-state index is 14.2. The molecule has 0 aliphatic rings. The number of aromatic nitrogens is 6. The minimum atomic E-state index is -4.41. The van der Waals surface area contributed by atoms with Crippen LogP contribution in [0.4, 0.5) is 0 Å². The van der Waals surface area contributed by atoms with Crippen molar-refractivity contribution in [2.45, 2.75) is 231 Å². The second-order valence-electron chi connectivity index (χ2n) is 29.0. The van der Waals surface area contributed by atoms with E-state index in [0.717, 1.165) is 4.68 Å². The molecule has 2 aromatic heterocycles. The van der Waals surface area contributed by atoms with Gasteiger partial charge in [-0.25, -0.2) is 0 Å². The standard InChI is InChI=1S/C42H72N12O15P2.C28H38N4O18/c1-25(2)38(58)47-33(11-7-9-13-44)37(57)21-30(19-31-23-53(51-49-31)14-16-70(64,65)66)41(61)45-27(4)35(55)20-29(10-6-8-12-43)40(60)48-34(22-32-24-54(52-50-32)15-17-71(67,68)69)36(56)18-26(3)39(59)46-28(5)42(62)63;1-2-17(33)14(8-23(42)43)30-26(48)11(5-20(36)37)3-18(34)15(9-24(44)45)31-27(49)12(6-21(38)39)4-19(35)16(10-25(46)47)32-28(50)13(29)7-22(40)41/h23-30,33-34H,6-22,43-44H2,1-5H3,(H,45,61)(H,46,59)(H,47,58)(H,48,60)(H,62,63)(H2,64,65,66)(H2,67,68,69);11-16H,2-10,29H2,1H3,(H,30,48)(H,31,49)(H,32,50)(H,36,37)(H,38,39)(H,40,41)(H,42,43)(H,44,45)(H,46,47)/t26-,27+,28+,29-,30-,33+,34+;11-,12-,13-,14-,15-,16-/m10/s1. The van der Waals surface area contributed by atoms with Crippen LogP contribution in [0.3, 0.4) is 0 Å². The van der Waals surface area contributed by atoms with E-state index in [4.69, 9.17) is 27.4 Å². The summed E-state index contributed by atoms with van der Waals surface area (Å²) in [6.07, 6.45) is -6.85. The number of rotatable bonds is 62. The number of carboxylic acids is 7. The summed E-state index contributed by atoms with van der Waals surface area (Å²) in [5, 5.41) is 96.1. The number of nitrogens with two attached hydrogens (primary N) is 3. The van der Waals surface area contributed by atoms with Crippen molar-refractivity contribution in [1.29, 1.82) is 0 Å². The molecule has 51 heteroatoms. The van der Waals surface area contributed by atoms with E-state index in [9.17, 15) is 150 Å². The molecule has 49 nitrogen and oxygen atoms in total. The van der Waals surface area contributed by atoms with E-state index in [2.05, 4.69) is 41.9 Å². The first-order chi connectivity index (χ1) is 56.2. The van der Waals surface area contributed by atoms with E-state index in [1.807, 2.05) is 16.0 Å². The highest BCUT2D eigenvalue weighted by Gasteiger charge is 2.39. The van der Waals surface area contributed by atoms with E-state index in [1.54, 1.807) is 13.8 Å². The van der Waals surface area contributed by atoms with Crippen molar-refractivity contribution in [3.8, 4) is 0 Å². The summed E-state index contributed by atoms with van der Waals surface area (Å²) in [5.41, 5.74) is 17.1. The summed E-state index contributed by atoms with van der Waals surface area (Å²) >= 11 is 0. The number of aryl methyl sites for hydroxylation is 2. The number of nitrogens with zero attached hydrogens (tertiary/aromatic N) is 6. The van der Waals surface area contributed by atoms with Gasteiger partial charge in [0.05, 0.1) is 135 Å². The average molecular weight is 1770 g/mol. The Morgan fingerprint density at radius 1 is 0.380 bits per heavy atom. The van der Waals surface area contributed by atoms with Crippen molar-refractivity contribution in [3.63, 3.8) is 0 Å². The van der Waals surface area contributed by atoms with Crippen molar-refractivity contribution in [2.24, 2.45) is 52.7 Å². The monoisotopic (exact) mass is 1760 g/mol. The molecule has 7 amide bonds. The molecule has 0 spiro atoms. The van der Waals surface area contributed by atoms with Gasteiger partial charge in [0.15, 0.2) is 34.7 Å². The molecule has 0 unspecified atom stereocenters. The molecule has 0 fully saturated rings. The SMILES string of the molecule is CC(C)C(=O)N[C@@H](CCCCN)C(=O)C[C@@H](Cc1cn(CCP(=O)(O)O)nn1)C(=O)N[C@@H](C)C(=O)C[C@@H](CCCCN)C(=O)N[C@@H](Cc1cn(CCP(=O)(O)O)nn1)C(=O)C[C@@H](C)C(=O)N[C@@H](C)C(=O)O.CCC(=O)[C@H](CC(=O)O)NC(=O)[C@H](CC(=O)O)CC(=O)[C@H](CC(=O)O)NC(=O)[C@H](CC(=O)O)CC(=O)[C@H](CC(=O)O)NC(=O)[C@@H](N)CC(=O)O. The molecule has 0 saturated carbocycles. The minimum absolute atomic E-state index is 0.100. The summed E-state index contributed by atoms with van der Waals surface area (Å²) in [5.74, 6) is -30.3. The third kappa shape index (κ3) is 44.8. The van der Waals surface area contributed by atoms with Gasteiger partial charge in [-0.2, -0.15) is 0 Å². The number of Topliss-reactive ketones (excluding diaryl/α,β-unsaturated/α-hetero) is 6. The molecule has 2 heterocycles. The molecule has 2 aromatic rings. The number of unbranched alkanes of at least 4 members (excludes halogenated alkanes) is 2. The Morgan fingerprint density at radius 2 is 0.736 bits per heavy atom. The number of amides is 7. The number of ketones is 6. The van der Waals surface area contributed by atoms with Gasteiger partial charge >= 0.3 is 57.0 Å². The van der Waals surface area contributed by atoms with Crippen LogP contribution >= 0.6 is 15.2 Å². The number of carbonyl (C=O) groups excluding carboxylic acids is 13. The van der Waals surface area contributed by atoms with Crippen molar-refractivity contribution >= 4 is 133 Å². The molecule has 13 atom stereocenters. The van der Waals surface area contributed by atoms with Crippen molar-refractivity contribution in [2.75, 3.05) is 25.4 Å². The summed E-state index contributed by atoms with van der Waals surface area (Å²) in [7, 11) is -8.81. The lowest BCUT2D eigenvalue weighted by atomic mass is 9.90. The predicted octanol–water partition coefficient (Wildman–Crippen LogP) is -4.52. The van der Waals surface area contributed by atoms with Gasteiger partial charge in [-0.1, -0.05) is 44.5 Å². The van der Waals surface area contributed by atoms with Gasteiger partial charge in [-0.05, 0) is 59.0 Å². The molecule has 0 saturated heterocycles. The molecule has 0 aromatic carbocycles. The van der Waals surface area contributed by atoms with Crippen molar-refractivity contribution in [1.82, 2.24) is 67.2 Å². The summed E-state index contributed by atoms with van der Waals surface area (Å²) in [6.45, 7) is 8.82. The summed E-state index contributed by atoms with van der Waals surface area (Å²) in [4.78, 5) is 288. The fraction of sp³-hybridized carbons (Fsp3) is 0.657. The van der Waals surface area contributed by atoms with Gasteiger partial charge in [0, 0.05) is 81.5 Å². The summed E-state index contributed by atoms with van der Waals surface area (Å²) < 4.78 is 25.2. The third-order valence-corrected chi connectivity index (χ3v) is 19.7. The van der Waals surface area contributed by atoms with Crippen LogP contribution in [0.5, 0.6) is 0 Å². The normalized spacial score (nSPS) is 14.6.